The van der Waals surface area contributed by atoms with Crippen LogP contribution in [-0.2, 0) is 0 Å². The monoisotopic (exact) mass is 190 g/mol. The van der Waals surface area contributed by atoms with Gasteiger partial charge in [-0.1, -0.05) is 19.1 Å². The Morgan fingerprint density at radius 1 is 1.36 bits per heavy atom. The Morgan fingerprint density at radius 3 is 2.86 bits per heavy atom. The van der Waals surface area contributed by atoms with Crippen molar-refractivity contribution in [2.75, 3.05) is 6.79 Å². The molecule has 0 amide bonds. The molecule has 1 aromatic rings. The van der Waals surface area contributed by atoms with Gasteiger partial charge >= 0.3 is 0 Å². The highest BCUT2D eigenvalue weighted by Gasteiger charge is 2.13. The van der Waals surface area contributed by atoms with Gasteiger partial charge in [-0.05, 0) is 36.6 Å². The van der Waals surface area contributed by atoms with Crippen LogP contribution in [0.4, 0.5) is 0 Å². The number of hydrogen-bond acceptors (Lipinski definition) is 2. The Balaban J connectivity index is 2.37. The van der Waals surface area contributed by atoms with Gasteiger partial charge in [0.1, 0.15) is 0 Å². The summed E-state index contributed by atoms with van der Waals surface area (Å²) < 4.78 is 10.6. The molecule has 0 aromatic heterocycles. The quantitative estimate of drug-likeness (QED) is 0.712. The Hall–Kier alpha value is -1.44. The van der Waals surface area contributed by atoms with Crippen molar-refractivity contribution in [2.45, 2.75) is 20.3 Å². The molecule has 2 rings (SSSR count). The highest BCUT2D eigenvalue weighted by Crippen LogP contribution is 2.34. The molecular formula is C12H14O2. The van der Waals surface area contributed by atoms with Crippen LogP contribution in [-0.4, -0.2) is 6.79 Å². The molecular weight excluding hydrogens is 176 g/mol. The van der Waals surface area contributed by atoms with Gasteiger partial charge in [0.15, 0.2) is 11.5 Å². The van der Waals surface area contributed by atoms with E-state index in [1.807, 2.05) is 12.1 Å². The maximum Gasteiger partial charge on any atom is 0.231 e. The van der Waals surface area contributed by atoms with Crippen molar-refractivity contribution >= 4 is 5.57 Å². The zero-order valence-corrected chi connectivity index (χ0v) is 8.54. The lowest BCUT2D eigenvalue weighted by molar-refractivity contribution is 0.174. The summed E-state index contributed by atoms with van der Waals surface area (Å²) in [4.78, 5) is 0. The summed E-state index contributed by atoms with van der Waals surface area (Å²) in [6, 6.07) is 6.09. The SMILES string of the molecule is CC=C(CC)c1ccc2c(c1)OCO2. The first kappa shape index (κ1) is 9.13. The highest BCUT2D eigenvalue weighted by atomic mass is 16.7. The minimum Gasteiger partial charge on any atom is -0.454 e. The van der Waals surface area contributed by atoms with Gasteiger partial charge < -0.3 is 9.47 Å². The van der Waals surface area contributed by atoms with Crippen molar-refractivity contribution < 1.29 is 9.47 Å². The summed E-state index contributed by atoms with van der Waals surface area (Å²) in [5.74, 6) is 1.70. The minimum atomic E-state index is 0.343. The number of allylic oxidation sites excluding steroid dienone is 2. The molecule has 0 N–H and O–H groups in total. The van der Waals surface area contributed by atoms with E-state index in [1.54, 1.807) is 0 Å². The number of hydrogen-bond donors (Lipinski definition) is 0. The van der Waals surface area contributed by atoms with Crippen LogP contribution in [0.15, 0.2) is 24.3 Å². The Morgan fingerprint density at radius 2 is 2.14 bits per heavy atom. The fourth-order valence-corrected chi connectivity index (χ4v) is 1.67. The topological polar surface area (TPSA) is 18.5 Å². The van der Waals surface area contributed by atoms with Gasteiger partial charge in [-0.15, -0.1) is 0 Å². The molecule has 0 radical (unpaired) electrons. The van der Waals surface area contributed by atoms with E-state index >= 15 is 0 Å². The zero-order valence-electron chi connectivity index (χ0n) is 8.54. The largest absolute Gasteiger partial charge is 0.454 e. The molecule has 14 heavy (non-hydrogen) atoms. The molecule has 0 unspecified atom stereocenters. The van der Waals surface area contributed by atoms with E-state index in [2.05, 4.69) is 26.0 Å². The van der Waals surface area contributed by atoms with Crippen LogP contribution in [0.1, 0.15) is 25.8 Å². The maximum absolute atomic E-state index is 5.33. The third-order valence-corrected chi connectivity index (χ3v) is 2.47. The first-order valence-electron chi connectivity index (χ1n) is 4.90. The van der Waals surface area contributed by atoms with Gasteiger partial charge in [-0.3, -0.25) is 0 Å². The molecule has 1 aliphatic heterocycles. The van der Waals surface area contributed by atoms with Crippen LogP contribution in [0.25, 0.3) is 5.57 Å². The zero-order chi connectivity index (χ0) is 9.97. The molecule has 2 nitrogen and oxygen atoms in total. The van der Waals surface area contributed by atoms with E-state index in [-0.39, 0.29) is 0 Å². The van der Waals surface area contributed by atoms with Gasteiger partial charge in [0.2, 0.25) is 6.79 Å². The van der Waals surface area contributed by atoms with E-state index in [0.29, 0.717) is 6.79 Å². The first-order valence-corrected chi connectivity index (χ1v) is 4.90. The molecule has 0 spiro atoms. The number of benzene rings is 1. The second kappa shape index (κ2) is 3.74. The van der Waals surface area contributed by atoms with Crippen molar-refractivity contribution in [1.29, 1.82) is 0 Å². The summed E-state index contributed by atoms with van der Waals surface area (Å²) in [5.41, 5.74) is 2.56. The Labute approximate surface area is 84.2 Å². The summed E-state index contributed by atoms with van der Waals surface area (Å²) >= 11 is 0. The van der Waals surface area contributed by atoms with Gasteiger partial charge in [-0.25, -0.2) is 0 Å². The average Bonchev–Trinajstić information content (AvgIpc) is 2.66. The van der Waals surface area contributed by atoms with E-state index in [1.165, 1.54) is 11.1 Å². The maximum atomic E-state index is 5.33. The van der Waals surface area contributed by atoms with Crippen LogP contribution in [0.5, 0.6) is 11.5 Å². The molecule has 0 bridgehead atoms. The van der Waals surface area contributed by atoms with Gasteiger partial charge in [0.25, 0.3) is 0 Å². The van der Waals surface area contributed by atoms with Crippen LogP contribution >= 0.6 is 0 Å². The van der Waals surface area contributed by atoms with Crippen molar-refractivity contribution in [3.05, 3.63) is 29.8 Å². The smallest absolute Gasteiger partial charge is 0.231 e. The van der Waals surface area contributed by atoms with Crippen molar-refractivity contribution in [2.24, 2.45) is 0 Å². The van der Waals surface area contributed by atoms with Gasteiger partial charge in [-0.2, -0.15) is 0 Å². The molecule has 2 heteroatoms. The molecule has 1 heterocycles. The standard InChI is InChI=1S/C12H14O2/c1-3-9(4-2)10-5-6-11-12(7-10)14-8-13-11/h3,5-7H,4,8H2,1-2H3. The third-order valence-electron chi connectivity index (χ3n) is 2.47. The fraction of sp³-hybridized carbons (Fsp3) is 0.333. The molecule has 0 atom stereocenters. The van der Waals surface area contributed by atoms with Gasteiger partial charge in [0.05, 0.1) is 0 Å². The van der Waals surface area contributed by atoms with Crippen LogP contribution < -0.4 is 9.47 Å². The summed E-state index contributed by atoms with van der Waals surface area (Å²) in [6.07, 6.45) is 3.17. The van der Waals surface area contributed by atoms with Crippen molar-refractivity contribution in [3.63, 3.8) is 0 Å². The fourth-order valence-electron chi connectivity index (χ4n) is 1.67. The molecule has 0 fully saturated rings. The molecule has 0 saturated heterocycles. The summed E-state index contributed by atoms with van der Waals surface area (Å²) in [7, 11) is 0. The highest BCUT2D eigenvalue weighted by molar-refractivity contribution is 5.67. The minimum absolute atomic E-state index is 0.343. The second-order valence-corrected chi connectivity index (χ2v) is 3.24. The van der Waals surface area contributed by atoms with Crippen LogP contribution in [0.3, 0.4) is 0 Å². The average molecular weight is 190 g/mol. The van der Waals surface area contributed by atoms with E-state index in [0.717, 1.165) is 17.9 Å². The van der Waals surface area contributed by atoms with Crippen LogP contribution in [0.2, 0.25) is 0 Å². The number of ether oxygens (including phenoxy) is 2. The van der Waals surface area contributed by atoms with Gasteiger partial charge in [0, 0.05) is 0 Å². The molecule has 0 saturated carbocycles. The van der Waals surface area contributed by atoms with Crippen LogP contribution in [0, 0.1) is 0 Å². The molecule has 1 aliphatic rings. The predicted molar refractivity (Wildman–Crippen MR) is 56.5 cm³/mol. The lowest BCUT2D eigenvalue weighted by atomic mass is 10.0. The van der Waals surface area contributed by atoms with Crippen molar-refractivity contribution in [1.82, 2.24) is 0 Å². The molecule has 74 valence electrons. The van der Waals surface area contributed by atoms with E-state index in [9.17, 15) is 0 Å². The number of rotatable bonds is 2. The number of fused-ring (bicyclic) bond motifs is 1. The Kier molecular flexibility index (Phi) is 2.44. The molecule has 1 aromatic carbocycles. The first-order chi connectivity index (χ1) is 6.85. The van der Waals surface area contributed by atoms with E-state index < -0.39 is 0 Å². The lowest BCUT2D eigenvalue weighted by Gasteiger charge is -2.05. The van der Waals surface area contributed by atoms with E-state index in [4.69, 9.17) is 9.47 Å². The second-order valence-electron chi connectivity index (χ2n) is 3.24. The predicted octanol–water partition coefficient (Wildman–Crippen LogP) is 3.23. The third kappa shape index (κ3) is 1.48. The summed E-state index contributed by atoms with van der Waals surface area (Å²) in [5, 5.41) is 0. The normalized spacial score (nSPS) is 14.6. The lowest BCUT2D eigenvalue weighted by Crippen LogP contribution is -1.92. The summed E-state index contributed by atoms with van der Waals surface area (Å²) in [6.45, 7) is 4.55. The van der Waals surface area contributed by atoms with Crippen molar-refractivity contribution in [3.8, 4) is 11.5 Å². The Bertz CT molecular complexity index is 367. The molecule has 0 aliphatic carbocycles.